The summed E-state index contributed by atoms with van der Waals surface area (Å²) in [5.41, 5.74) is -0.994. The molecular weight excluding hydrogens is 240 g/mol. The van der Waals surface area contributed by atoms with Crippen LogP contribution in [0, 0.1) is 0 Å². The number of rotatable bonds is 2. The molecule has 0 amide bonds. The maximum absolute atomic E-state index is 9.88. The zero-order valence-corrected chi connectivity index (χ0v) is 11.1. The summed E-state index contributed by atoms with van der Waals surface area (Å²) in [6.07, 6.45) is -0.214. The lowest BCUT2D eigenvalue weighted by Crippen LogP contribution is -2.53. The van der Waals surface area contributed by atoms with Gasteiger partial charge in [0.15, 0.2) is 0 Å². The number of β-amino-alcohol motifs (C(OH)–C–C–N with tert-alkyl or cyclic N) is 1. The van der Waals surface area contributed by atoms with Crippen molar-refractivity contribution in [1.29, 1.82) is 0 Å². The van der Waals surface area contributed by atoms with E-state index >= 15 is 0 Å². The molecule has 96 valence electrons. The Labute approximate surface area is 105 Å². The molecule has 0 spiro atoms. The molecule has 0 unspecified atom stereocenters. The number of aliphatic hydroxyl groups excluding tert-OH is 1. The Hall–Kier alpha value is -0.920. The second-order valence-electron chi connectivity index (χ2n) is 4.84. The molecule has 1 fully saturated rings. The molecule has 0 saturated carbocycles. The average molecular weight is 258 g/mol. The Morgan fingerprint density at radius 1 is 1.53 bits per heavy atom. The minimum Gasteiger partial charge on any atom is -0.388 e. The molecular formula is C10H18N4O2S. The first-order valence-electron chi connectivity index (χ1n) is 5.56. The fourth-order valence-electron chi connectivity index (χ4n) is 1.72. The third-order valence-electron chi connectivity index (χ3n) is 3.07. The van der Waals surface area contributed by atoms with Crippen LogP contribution in [0.5, 0.6) is 0 Å². The zero-order valence-electron chi connectivity index (χ0n) is 10.3. The lowest BCUT2D eigenvalue weighted by atomic mass is 9.91. The highest BCUT2D eigenvalue weighted by molar-refractivity contribution is 7.09. The van der Waals surface area contributed by atoms with E-state index in [1.165, 1.54) is 11.5 Å². The molecule has 2 heterocycles. The van der Waals surface area contributed by atoms with Gasteiger partial charge in [-0.2, -0.15) is 9.36 Å². The molecule has 1 aromatic rings. The van der Waals surface area contributed by atoms with Crippen molar-refractivity contribution in [3.63, 3.8) is 0 Å². The van der Waals surface area contributed by atoms with E-state index in [0.29, 0.717) is 25.5 Å². The first kappa shape index (κ1) is 12.5. The van der Waals surface area contributed by atoms with Crippen molar-refractivity contribution in [1.82, 2.24) is 9.36 Å². The minimum absolute atomic E-state index is 0.398. The summed E-state index contributed by atoms with van der Waals surface area (Å²) >= 11 is 1.32. The van der Waals surface area contributed by atoms with Crippen LogP contribution in [-0.2, 0) is 0 Å². The van der Waals surface area contributed by atoms with Crippen LogP contribution in [0.4, 0.5) is 11.1 Å². The Morgan fingerprint density at radius 2 is 2.24 bits per heavy atom. The smallest absolute Gasteiger partial charge is 0.238 e. The maximum atomic E-state index is 9.88. The number of anilines is 2. The van der Waals surface area contributed by atoms with Gasteiger partial charge in [0.25, 0.3) is 0 Å². The summed E-state index contributed by atoms with van der Waals surface area (Å²) in [5, 5.41) is 20.5. The number of hydrogen-bond donors (Lipinski definition) is 2. The zero-order chi connectivity index (χ0) is 12.6. The van der Waals surface area contributed by atoms with Crippen LogP contribution in [0.25, 0.3) is 0 Å². The van der Waals surface area contributed by atoms with Crippen LogP contribution in [0.2, 0.25) is 0 Å². The molecule has 2 atom stereocenters. The molecule has 17 heavy (non-hydrogen) atoms. The standard InChI is InChI=1S/C10H18N4O2S/c1-10(16)4-5-14(6-7(10)15)9-11-8(12-17-9)13(2)3/h7,15-16H,4-6H2,1-3H3/t7-,10-/m1/s1. The van der Waals surface area contributed by atoms with Crippen LogP contribution in [0.1, 0.15) is 13.3 Å². The summed E-state index contributed by atoms with van der Waals surface area (Å²) in [6, 6.07) is 0. The maximum Gasteiger partial charge on any atom is 0.238 e. The largest absolute Gasteiger partial charge is 0.388 e. The number of aliphatic hydroxyl groups is 2. The van der Waals surface area contributed by atoms with Gasteiger partial charge in [-0.05, 0) is 13.3 Å². The molecule has 2 N–H and O–H groups in total. The Morgan fingerprint density at radius 3 is 2.76 bits per heavy atom. The third-order valence-corrected chi connectivity index (χ3v) is 3.84. The van der Waals surface area contributed by atoms with Crippen molar-refractivity contribution in [3.05, 3.63) is 0 Å². The fraction of sp³-hybridized carbons (Fsp3) is 0.800. The van der Waals surface area contributed by atoms with Gasteiger partial charge >= 0.3 is 0 Å². The SMILES string of the molecule is CN(C)c1nsc(N2CC[C@@](C)(O)[C@H](O)C2)n1. The molecule has 0 bridgehead atoms. The van der Waals surface area contributed by atoms with Crippen molar-refractivity contribution in [2.45, 2.75) is 25.0 Å². The Kier molecular flexibility index (Phi) is 3.24. The molecule has 0 aliphatic carbocycles. The Bertz CT molecular complexity index is 393. The predicted octanol–water partition coefficient (Wildman–Crippen LogP) is -0.0739. The lowest BCUT2D eigenvalue weighted by molar-refractivity contribution is -0.0721. The van der Waals surface area contributed by atoms with Crippen LogP contribution in [0.15, 0.2) is 0 Å². The van der Waals surface area contributed by atoms with E-state index in [0.717, 1.165) is 5.13 Å². The molecule has 1 aromatic heterocycles. The second kappa shape index (κ2) is 4.40. The first-order valence-corrected chi connectivity index (χ1v) is 6.34. The molecule has 1 aliphatic rings. The van der Waals surface area contributed by atoms with Crippen LogP contribution in [0.3, 0.4) is 0 Å². The highest BCUT2D eigenvalue weighted by atomic mass is 32.1. The number of piperidine rings is 1. The number of nitrogens with zero attached hydrogens (tertiary/aromatic N) is 4. The van der Waals surface area contributed by atoms with Crippen LogP contribution < -0.4 is 9.80 Å². The van der Waals surface area contributed by atoms with Gasteiger partial charge in [-0.15, -0.1) is 0 Å². The summed E-state index contributed by atoms with van der Waals surface area (Å²) < 4.78 is 4.22. The molecule has 6 nitrogen and oxygen atoms in total. The fourth-order valence-corrected chi connectivity index (χ4v) is 2.49. The molecule has 2 rings (SSSR count). The number of aromatic nitrogens is 2. The van der Waals surface area contributed by atoms with Gasteiger partial charge in [-0.25, -0.2) is 0 Å². The summed E-state index contributed by atoms with van der Waals surface area (Å²) in [5.74, 6) is 0.678. The quantitative estimate of drug-likeness (QED) is 0.773. The van der Waals surface area contributed by atoms with E-state index in [4.69, 9.17) is 0 Å². The van der Waals surface area contributed by atoms with Crippen LogP contribution >= 0.6 is 11.5 Å². The topological polar surface area (TPSA) is 72.7 Å². The van der Waals surface area contributed by atoms with Crippen molar-refractivity contribution in [2.24, 2.45) is 0 Å². The van der Waals surface area contributed by atoms with Crippen molar-refractivity contribution in [2.75, 3.05) is 37.0 Å². The first-order chi connectivity index (χ1) is 7.90. The van der Waals surface area contributed by atoms with E-state index in [1.807, 2.05) is 23.9 Å². The summed E-state index contributed by atoms with van der Waals surface area (Å²) in [6.45, 7) is 2.75. The number of hydrogen-bond acceptors (Lipinski definition) is 7. The second-order valence-corrected chi connectivity index (χ2v) is 5.57. The van der Waals surface area contributed by atoms with E-state index in [-0.39, 0.29) is 0 Å². The minimum atomic E-state index is -0.994. The lowest BCUT2D eigenvalue weighted by Gasteiger charge is -2.39. The Balaban J connectivity index is 2.09. The third kappa shape index (κ3) is 2.51. The van der Waals surface area contributed by atoms with E-state index < -0.39 is 11.7 Å². The average Bonchev–Trinajstić information content (AvgIpc) is 2.71. The van der Waals surface area contributed by atoms with Gasteiger partial charge in [0.05, 0.1) is 11.7 Å². The van der Waals surface area contributed by atoms with Crippen molar-refractivity contribution < 1.29 is 10.2 Å². The van der Waals surface area contributed by atoms with Gasteiger partial charge in [0.1, 0.15) is 0 Å². The van der Waals surface area contributed by atoms with Crippen molar-refractivity contribution >= 4 is 22.6 Å². The summed E-state index contributed by atoms with van der Waals surface area (Å²) in [7, 11) is 3.78. The monoisotopic (exact) mass is 258 g/mol. The highest BCUT2D eigenvalue weighted by Gasteiger charge is 2.37. The molecule has 7 heteroatoms. The molecule has 1 aliphatic heterocycles. The van der Waals surface area contributed by atoms with Crippen LogP contribution in [-0.4, -0.2) is 58.5 Å². The van der Waals surface area contributed by atoms with Gasteiger partial charge < -0.3 is 20.0 Å². The van der Waals surface area contributed by atoms with E-state index in [2.05, 4.69) is 9.36 Å². The van der Waals surface area contributed by atoms with E-state index in [9.17, 15) is 10.2 Å². The van der Waals surface area contributed by atoms with Gasteiger partial charge in [-0.3, -0.25) is 0 Å². The molecule has 1 saturated heterocycles. The van der Waals surface area contributed by atoms with Gasteiger partial charge in [-0.1, -0.05) is 0 Å². The normalized spacial score (nSPS) is 29.5. The predicted molar refractivity (Wildman–Crippen MR) is 67.7 cm³/mol. The van der Waals surface area contributed by atoms with Gasteiger partial charge in [0.2, 0.25) is 11.1 Å². The molecule has 0 aromatic carbocycles. The highest BCUT2D eigenvalue weighted by Crippen LogP contribution is 2.28. The van der Waals surface area contributed by atoms with Gasteiger partial charge in [0, 0.05) is 38.7 Å². The van der Waals surface area contributed by atoms with Crippen molar-refractivity contribution in [3.8, 4) is 0 Å². The summed E-state index contributed by atoms with van der Waals surface area (Å²) in [4.78, 5) is 8.19. The molecule has 0 radical (unpaired) electrons. The van der Waals surface area contributed by atoms with E-state index in [1.54, 1.807) is 6.92 Å².